The maximum absolute atomic E-state index is 13.1. The van der Waals surface area contributed by atoms with E-state index in [-0.39, 0.29) is 12.6 Å². The number of aromatic nitrogens is 3. The number of carbonyl (C=O) groups is 1. The third-order valence-electron chi connectivity index (χ3n) is 6.09. The summed E-state index contributed by atoms with van der Waals surface area (Å²) in [5, 5.41) is 2.11. The van der Waals surface area contributed by atoms with Crippen molar-refractivity contribution >= 4 is 40.1 Å². The molecule has 0 fully saturated rings. The summed E-state index contributed by atoms with van der Waals surface area (Å²) in [6, 6.07) is 23.2. The van der Waals surface area contributed by atoms with Gasteiger partial charge in [-0.25, -0.2) is 9.78 Å². The highest BCUT2D eigenvalue weighted by atomic mass is 35.5. The topological polar surface area (TPSA) is 59.9 Å². The molecule has 1 atom stereocenters. The Balaban J connectivity index is 1.82. The van der Waals surface area contributed by atoms with Crippen LogP contribution in [0.15, 0.2) is 79.1 Å². The van der Waals surface area contributed by atoms with Crippen molar-refractivity contribution in [3.05, 3.63) is 100 Å². The van der Waals surface area contributed by atoms with Crippen LogP contribution in [0.3, 0.4) is 0 Å². The second-order valence-electron chi connectivity index (χ2n) is 8.23. The molecule has 5 rings (SSSR count). The minimum absolute atomic E-state index is 0.0838. The van der Waals surface area contributed by atoms with E-state index in [2.05, 4.69) is 16.5 Å². The maximum Gasteiger partial charge on any atom is 0.355 e. The molecule has 0 aliphatic heterocycles. The minimum atomic E-state index is -0.430. The van der Waals surface area contributed by atoms with Gasteiger partial charge in [0.25, 0.3) is 0 Å². The van der Waals surface area contributed by atoms with Crippen molar-refractivity contribution < 1.29 is 9.53 Å². The van der Waals surface area contributed by atoms with E-state index >= 15 is 0 Å². The molecule has 3 aromatic carbocycles. The number of carbonyl (C=O) groups excluding carboxylic acids is 1. The zero-order chi connectivity index (χ0) is 24.5. The molecule has 1 N–H and O–H groups in total. The second-order valence-corrected chi connectivity index (χ2v) is 9.10. The number of hydrogen-bond acceptors (Lipinski definition) is 3. The first-order valence-electron chi connectivity index (χ1n) is 11.3. The number of nitrogens with zero attached hydrogens (tertiary/aromatic N) is 2. The summed E-state index contributed by atoms with van der Waals surface area (Å²) in [7, 11) is 0. The Kier molecular flexibility index (Phi) is 6.37. The van der Waals surface area contributed by atoms with Crippen LogP contribution in [0, 0.1) is 0 Å². The van der Waals surface area contributed by atoms with Gasteiger partial charge in [0, 0.05) is 32.1 Å². The molecule has 35 heavy (non-hydrogen) atoms. The largest absolute Gasteiger partial charge is 0.461 e. The molecule has 5 nitrogen and oxygen atoms in total. The molecule has 7 heteroatoms. The number of rotatable bonds is 6. The molecular formula is C28H23Cl2N3O2. The fourth-order valence-corrected chi connectivity index (χ4v) is 4.68. The molecule has 0 saturated heterocycles. The Labute approximate surface area is 213 Å². The number of halogens is 2. The van der Waals surface area contributed by atoms with Gasteiger partial charge in [-0.3, -0.25) is 0 Å². The third kappa shape index (κ3) is 4.33. The molecule has 0 saturated carbocycles. The average molecular weight is 504 g/mol. The van der Waals surface area contributed by atoms with Gasteiger partial charge in [-0.15, -0.1) is 0 Å². The van der Waals surface area contributed by atoms with Crippen LogP contribution in [-0.2, 0) is 4.74 Å². The van der Waals surface area contributed by atoms with Crippen LogP contribution in [0.2, 0.25) is 10.0 Å². The molecule has 0 unspecified atom stereocenters. The molecule has 0 spiro atoms. The molecule has 0 aliphatic rings. The highest BCUT2D eigenvalue weighted by molar-refractivity contribution is 6.31. The third-order valence-corrected chi connectivity index (χ3v) is 6.57. The average Bonchev–Trinajstić information content (AvgIpc) is 3.46. The van der Waals surface area contributed by atoms with Crippen LogP contribution in [0.5, 0.6) is 0 Å². The highest BCUT2D eigenvalue weighted by Crippen LogP contribution is 2.41. The summed E-state index contributed by atoms with van der Waals surface area (Å²) >= 11 is 12.4. The molecule has 0 radical (unpaired) electrons. The summed E-state index contributed by atoms with van der Waals surface area (Å²) in [4.78, 5) is 21.2. The summed E-state index contributed by atoms with van der Waals surface area (Å²) in [5.74, 6) is -0.430. The Morgan fingerprint density at radius 1 is 1.03 bits per heavy atom. The lowest BCUT2D eigenvalue weighted by molar-refractivity contribution is 0.0521. The number of aromatic amines is 1. The fraction of sp³-hybridized carbons (Fsp3) is 0.143. The smallest absolute Gasteiger partial charge is 0.355 e. The Hall–Kier alpha value is -3.54. The van der Waals surface area contributed by atoms with Gasteiger partial charge in [0.15, 0.2) is 0 Å². The summed E-state index contributed by atoms with van der Waals surface area (Å²) < 4.78 is 7.51. The molecule has 5 aromatic rings. The number of hydrogen-bond donors (Lipinski definition) is 1. The van der Waals surface area contributed by atoms with Crippen LogP contribution in [0.4, 0.5) is 0 Å². The van der Waals surface area contributed by atoms with E-state index in [1.165, 1.54) is 0 Å². The molecule has 2 aromatic heterocycles. The predicted octanol–water partition coefficient (Wildman–Crippen LogP) is 7.79. The number of benzene rings is 3. The van der Waals surface area contributed by atoms with Crippen molar-refractivity contribution in [3.63, 3.8) is 0 Å². The number of nitrogens with one attached hydrogen (secondary N) is 1. The van der Waals surface area contributed by atoms with Crippen LogP contribution < -0.4 is 0 Å². The zero-order valence-corrected chi connectivity index (χ0v) is 20.8. The first kappa shape index (κ1) is 23.2. The van der Waals surface area contributed by atoms with Crippen LogP contribution >= 0.6 is 23.2 Å². The first-order valence-corrected chi connectivity index (χ1v) is 12.1. The lowest BCUT2D eigenvalue weighted by Crippen LogP contribution is -2.11. The minimum Gasteiger partial charge on any atom is -0.461 e. The number of H-pyrrole nitrogens is 1. The summed E-state index contributed by atoms with van der Waals surface area (Å²) in [6.07, 6.45) is 1.82. The Morgan fingerprint density at radius 2 is 1.74 bits per heavy atom. The maximum atomic E-state index is 13.1. The van der Waals surface area contributed by atoms with Crippen molar-refractivity contribution in [3.8, 4) is 22.5 Å². The van der Waals surface area contributed by atoms with E-state index in [1.807, 2.05) is 79.1 Å². The lowest BCUT2D eigenvalue weighted by atomic mass is 10.00. The molecule has 0 amide bonds. The molecular weight excluding hydrogens is 481 g/mol. The van der Waals surface area contributed by atoms with Crippen LogP contribution in [-0.4, -0.2) is 27.1 Å². The van der Waals surface area contributed by atoms with E-state index in [4.69, 9.17) is 32.9 Å². The number of esters is 1. The van der Waals surface area contributed by atoms with Crippen molar-refractivity contribution in [1.82, 2.24) is 14.5 Å². The van der Waals surface area contributed by atoms with Gasteiger partial charge in [-0.05, 0) is 43.7 Å². The second kappa shape index (κ2) is 9.61. The van der Waals surface area contributed by atoms with Crippen LogP contribution in [0.25, 0.3) is 33.4 Å². The van der Waals surface area contributed by atoms with E-state index in [0.717, 1.165) is 39.0 Å². The van der Waals surface area contributed by atoms with Gasteiger partial charge < -0.3 is 14.3 Å². The number of imidazole rings is 1. The van der Waals surface area contributed by atoms with Gasteiger partial charge in [-0.2, -0.15) is 0 Å². The van der Waals surface area contributed by atoms with Crippen LogP contribution in [0.1, 0.15) is 35.9 Å². The molecule has 2 heterocycles. The van der Waals surface area contributed by atoms with Gasteiger partial charge in [0.2, 0.25) is 0 Å². The van der Waals surface area contributed by atoms with Gasteiger partial charge in [0.05, 0.1) is 30.4 Å². The first-order chi connectivity index (χ1) is 17.0. The molecule has 0 bridgehead atoms. The molecule has 176 valence electrons. The Morgan fingerprint density at radius 3 is 2.46 bits per heavy atom. The van der Waals surface area contributed by atoms with Crippen molar-refractivity contribution in [1.29, 1.82) is 0 Å². The predicted molar refractivity (Wildman–Crippen MR) is 141 cm³/mol. The zero-order valence-electron chi connectivity index (χ0n) is 19.3. The molecule has 0 aliphatic carbocycles. The summed E-state index contributed by atoms with van der Waals surface area (Å²) in [6.45, 7) is 4.15. The lowest BCUT2D eigenvalue weighted by Gasteiger charge is -2.19. The van der Waals surface area contributed by atoms with Gasteiger partial charge in [-0.1, -0.05) is 71.7 Å². The standard InChI is InChI=1S/C28H23Cl2N3O2/c1-3-35-28(34)26-24(22-14-13-21(30)15-23(22)32-26)27-25(19-7-5-4-6-8-19)31-16-33(27)17(2)18-9-11-20(29)12-10-18/h4-17,32H,3H2,1-2H3/t17-/m1/s1. The number of fused-ring (bicyclic) bond motifs is 1. The van der Waals surface area contributed by atoms with Gasteiger partial charge in [0.1, 0.15) is 5.69 Å². The fourth-order valence-electron chi connectivity index (χ4n) is 4.38. The highest BCUT2D eigenvalue weighted by Gasteiger charge is 2.28. The van der Waals surface area contributed by atoms with Crippen molar-refractivity contribution in [2.45, 2.75) is 19.9 Å². The van der Waals surface area contributed by atoms with Crippen molar-refractivity contribution in [2.24, 2.45) is 0 Å². The summed E-state index contributed by atoms with van der Waals surface area (Å²) in [5.41, 5.74) is 5.44. The SMILES string of the molecule is CCOC(=O)c1[nH]c2cc(Cl)ccc2c1-c1c(-c2ccccc2)ncn1[C@H](C)c1ccc(Cl)cc1. The normalized spacial score (nSPS) is 12.1. The quantitative estimate of drug-likeness (QED) is 0.240. The van der Waals surface area contributed by atoms with E-state index in [0.29, 0.717) is 15.7 Å². The van der Waals surface area contributed by atoms with E-state index < -0.39 is 5.97 Å². The van der Waals surface area contributed by atoms with E-state index in [1.54, 1.807) is 6.92 Å². The Bertz CT molecular complexity index is 1510. The van der Waals surface area contributed by atoms with Gasteiger partial charge >= 0.3 is 5.97 Å². The monoisotopic (exact) mass is 503 g/mol. The van der Waals surface area contributed by atoms with E-state index in [9.17, 15) is 4.79 Å². The van der Waals surface area contributed by atoms with Crippen molar-refractivity contribution in [2.75, 3.05) is 6.61 Å². The number of ether oxygens (including phenoxy) is 1.